The second-order valence-corrected chi connectivity index (χ2v) is 5.99. The Balaban J connectivity index is 2.02. The fraction of sp³-hybridized carbons (Fsp3) is 0.353. The van der Waals surface area contributed by atoms with Gasteiger partial charge in [-0.15, -0.1) is 0 Å². The van der Waals surface area contributed by atoms with E-state index in [0.29, 0.717) is 0 Å². The zero-order valence-electron chi connectivity index (χ0n) is 12.6. The van der Waals surface area contributed by atoms with Crippen LogP contribution in [0.5, 0.6) is 0 Å². The molecule has 3 nitrogen and oxygen atoms in total. The van der Waals surface area contributed by atoms with Crippen LogP contribution < -0.4 is 10.2 Å². The van der Waals surface area contributed by atoms with Gasteiger partial charge in [-0.2, -0.15) is 0 Å². The average Bonchev–Trinajstić information content (AvgIpc) is 2.48. The van der Waals surface area contributed by atoms with E-state index in [1.807, 2.05) is 24.4 Å². The fourth-order valence-corrected chi connectivity index (χ4v) is 2.93. The average molecular weight is 348 g/mol. The van der Waals surface area contributed by atoms with E-state index in [-0.39, 0.29) is 0 Å². The Morgan fingerprint density at radius 1 is 1.24 bits per heavy atom. The van der Waals surface area contributed by atoms with Gasteiger partial charge in [0.2, 0.25) is 0 Å². The quantitative estimate of drug-likeness (QED) is 0.767. The molecular weight excluding hydrogens is 326 g/mol. The third-order valence-corrected chi connectivity index (χ3v) is 3.94. The molecular formula is C17H22BrN3. The molecule has 0 radical (unpaired) electrons. The van der Waals surface area contributed by atoms with Gasteiger partial charge in [0, 0.05) is 24.3 Å². The summed E-state index contributed by atoms with van der Waals surface area (Å²) in [5.41, 5.74) is 3.55. The molecule has 0 unspecified atom stereocenters. The van der Waals surface area contributed by atoms with Crippen LogP contribution in [0, 0.1) is 0 Å². The Hall–Kier alpha value is -1.39. The maximum atomic E-state index is 4.37. The molecule has 0 aliphatic rings. The topological polar surface area (TPSA) is 28.2 Å². The number of nitrogens with one attached hydrogen (secondary N) is 1. The fourth-order valence-electron chi connectivity index (χ4n) is 2.20. The molecule has 0 saturated heterocycles. The molecule has 2 rings (SSSR count). The standard InChI is InChI=1S/C17H22BrN3/c1-3-9-19-12-14-7-8-17(16(18)11-14)21(2)13-15-6-4-5-10-20-15/h4-8,10-11,19H,3,9,12-13H2,1-2H3. The predicted octanol–water partition coefficient (Wildman–Crippen LogP) is 3.98. The molecule has 0 bridgehead atoms. The molecule has 0 saturated carbocycles. The molecule has 0 spiro atoms. The van der Waals surface area contributed by atoms with Crippen LogP contribution in [-0.2, 0) is 13.1 Å². The van der Waals surface area contributed by atoms with Gasteiger partial charge in [-0.25, -0.2) is 0 Å². The van der Waals surface area contributed by atoms with Gasteiger partial charge in [0.1, 0.15) is 0 Å². The van der Waals surface area contributed by atoms with Crippen molar-refractivity contribution in [2.75, 3.05) is 18.5 Å². The van der Waals surface area contributed by atoms with Crippen LogP contribution in [0.4, 0.5) is 5.69 Å². The highest BCUT2D eigenvalue weighted by Gasteiger charge is 2.08. The van der Waals surface area contributed by atoms with Crippen molar-refractivity contribution in [1.29, 1.82) is 0 Å². The summed E-state index contributed by atoms with van der Waals surface area (Å²) in [6.07, 6.45) is 2.99. The van der Waals surface area contributed by atoms with Gasteiger partial charge in [0.25, 0.3) is 0 Å². The third-order valence-electron chi connectivity index (χ3n) is 3.30. The smallest absolute Gasteiger partial charge is 0.0599 e. The van der Waals surface area contributed by atoms with Crippen molar-refractivity contribution in [2.45, 2.75) is 26.4 Å². The summed E-state index contributed by atoms with van der Waals surface area (Å²) in [4.78, 5) is 6.58. The lowest BCUT2D eigenvalue weighted by Gasteiger charge is -2.21. The first kappa shape index (κ1) is 16.0. The summed E-state index contributed by atoms with van der Waals surface area (Å²) < 4.78 is 1.12. The maximum absolute atomic E-state index is 4.37. The first-order valence-corrected chi connectivity index (χ1v) is 8.10. The van der Waals surface area contributed by atoms with Crippen LogP contribution in [0.15, 0.2) is 47.1 Å². The maximum Gasteiger partial charge on any atom is 0.0599 e. The monoisotopic (exact) mass is 347 g/mol. The van der Waals surface area contributed by atoms with Gasteiger partial charge in [-0.3, -0.25) is 4.98 Å². The summed E-state index contributed by atoms with van der Waals surface area (Å²) >= 11 is 3.68. The molecule has 1 aromatic heterocycles. The third kappa shape index (κ3) is 4.83. The summed E-state index contributed by atoms with van der Waals surface area (Å²) in [5, 5.41) is 3.42. The Morgan fingerprint density at radius 3 is 2.76 bits per heavy atom. The minimum Gasteiger partial charge on any atom is -0.368 e. The van der Waals surface area contributed by atoms with E-state index in [9.17, 15) is 0 Å². The largest absolute Gasteiger partial charge is 0.368 e. The minimum absolute atomic E-state index is 0.798. The molecule has 1 aromatic carbocycles. The summed E-state index contributed by atoms with van der Waals surface area (Å²) in [6.45, 7) is 4.95. The Morgan fingerprint density at radius 2 is 2.10 bits per heavy atom. The number of nitrogens with zero attached hydrogens (tertiary/aromatic N) is 2. The zero-order valence-corrected chi connectivity index (χ0v) is 14.2. The lowest BCUT2D eigenvalue weighted by atomic mass is 10.2. The zero-order chi connectivity index (χ0) is 15.1. The second-order valence-electron chi connectivity index (χ2n) is 5.14. The van der Waals surface area contributed by atoms with Gasteiger partial charge in [0.05, 0.1) is 17.9 Å². The molecule has 1 heterocycles. The number of aromatic nitrogens is 1. The number of hydrogen-bond acceptors (Lipinski definition) is 3. The minimum atomic E-state index is 0.798. The summed E-state index contributed by atoms with van der Waals surface area (Å²) in [6, 6.07) is 12.5. The van der Waals surface area contributed by atoms with Crippen molar-refractivity contribution in [3.8, 4) is 0 Å². The lowest BCUT2D eigenvalue weighted by Crippen LogP contribution is -2.18. The van der Waals surface area contributed by atoms with Crippen LogP contribution in [0.25, 0.3) is 0 Å². The highest BCUT2D eigenvalue weighted by molar-refractivity contribution is 9.10. The van der Waals surface area contributed by atoms with E-state index in [0.717, 1.165) is 36.2 Å². The van der Waals surface area contributed by atoms with Gasteiger partial charge >= 0.3 is 0 Å². The van der Waals surface area contributed by atoms with E-state index >= 15 is 0 Å². The van der Waals surface area contributed by atoms with E-state index in [1.165, 1.54) is 11.3 Å². The van der Waals surface area contributed by atoms with E-state index in [1.54, 1.807) is 0 Å². The molecule has 0 aliphatic heterocycles. The van der Waals surface area contributed by atoms with Crippen LogP contribution >= 0.6 is 15.9 Å². The van der Waals surface area contributed by atoms with E-state index < -0.39 is 0 Å². The molecule has 2 aromatic rings. The number of anilines is 1. The Bertz CT molecular complexity index is 557. The van der Waals surface area contributed by atoms with Crippen LogP contribution in [0.1, 0.15) is 24.6 Å². The number of halogens is 1. The van der Waals surface area contributed by atoms with Crippen molar-refractivity contribution in [3.63, 3.8) is 0 Å². The molecule has 1 N–H and O–H groups in total. The molecule has 0 amide bonds. The van der Waals surface area contributed by atoms with Crippen LogP contribution in [0.2, 0.25) is 0 Å². The first-order chi connectivity index (χ1) is 10.2. The SMILES string of the molecule is CCCNCc1ccc(N(C)Cc2ccccn2)c(Br)c1. The van der Waals surface area contributed by atoms with Crippen molar-refractivity contribution in [2.24, 2.45) is 0 Å². The number of hydrogen-bond donors (Lipinski definition) is 1. The van der Waals surface area contributed by atoms with Crippen molar-refractivity contribution in [3.05, 3.63) is 58.3 Å². The molecule has 112 valence electrons. The number of benzene rings is 1. The predicted molar refractivity (Wildman–Crippen MR) is 92.5 cm³/mol. The van der Waals surface area contributed by atoms with Crippen molar-refractivity contribution < 1.29 is 0 Å². The normalized spacial score (nSPS) is 10.6. The number of rotatable bonds is 7. The van der Waals surface area contributed by atoms with Crippen LogP contribution in [0.3, 0.4) is 0 Å². The van der Waals surface area contributed by atoms with Crippen LogP contribution in [-0.4, -0.2) is 18.6 Å². The molecule has 0 aliphatic carbocycles. The second kappa shape index (κ2) is 8.15. The lowest BCUT2D eigenvalue weighted by molar-refractivity contribution is 0.675. The summed E-state index contributed by atoms with van der Waals surface area (Å²) in [5.74, 6) is 0. The van der Waals surface area contributed by atoms with E-state index in [4.69, 9.17) is 0 Å². The molecule has 4 heteroatoms. The van der Waals surface area contributed by atoms with Gasteiger partial charge in [-0.05, 0) is 58.7 Å². The Labute approximate surface area is 135 Å². The van der Waals surface area contributed by atoms with Crippen molar-refractivity contribution >= 4 is 21.6 Å². The Kier molecular flexibility index (Phi) is 6.21. The first-order valence-electron chi connectivity index (χ1n) is 7.31. The highest BCUT2D eigenvalue weighted by atomic mass is 79.9. The molecule has 21 heavy (non-hydrogen) atoms. The van der Waals surface area contributed by atoms with Crippen molar-refractivity contribution in [1.82, 2.24) is 10.3 Å². The van der Waals surface area contributed by atoms with E-state index in [2.05, 4.69) is 63.3 Å². The molecule has 0 fully saturated rings. The molecule has 0 atom stereocenters. The highest BCUT2D eigenvalue weighted by Crippen LogP contribution is 2.27. The summed E-state index contributed by atoms with van der Waals surface area (Å²) in [7, 11) is 2.09. The van der Waals surface area contributed by atoms with Gasteiger partial charge in [-0.1, -0.05) is 19.1 Å². The van der Waals surface area contributed by atoms with Gasteiger partial charge < -0.3 is 10.2 Å². The van der Waals surface area contributed by atoms with Gasteiger partial charge in [0.15, 0.2) is 0 Å². The number of pyridine rings is 1.